The van der Waals surface area contributed by atoms with Gasteiger partial charge in [0.2, 0.25) is 11.8 Å². The predicted molar refractivity (Wildman–Crippen MR) is 111 cm³/mol. The molecular formula is C18H24IN3O7. The van der Waals surface area contributed by atoms with Gasteiger partial charge in [-0.1, -0.05) is 12.1 Å². The first-order valence-corrected chi connectivity index (χ1v) is 9.82. The van der Waals surface area contributed by atoms with Crippen LogP contribution in [0.4, 0.5) is 0 Å². The molecule has 0 unspecified atom stereocenters. The van der Waals surface area contributed by atoms with Gasteiger partial charge in [0.1, 0.15) is 6.04 Å². The monoisotopic (exact) mass is 521 g/mol. The zero-order valence-corrected chi connectivity index (χ0v) is 17.8. The Labute approximate surface area is 181 Å². The van der Waals surface area contributed by atoms with Crippen molar-refractivity contribution in [1.29, 1.82) is 0 Å². The molecule has 160 valence electrons. The fraction of sp³-hybridized carbons (Fsp3) is 0.444. The molecule has 7 N–H and O–H groups in total. The van der Waals surface area contributed by atoms with Crippen molar-refractivity contribution < 1.29 is 34.5 Å². The number of nitrogens with two attached hydrogens (primary N) is 1. The molecule has 11 heteroatoms. The zero-order chi connectivity index (χ0) is 22.1. The Balaban J connectivity index is 2.96. The summed E-state index contributed by atoms with van der Waals surface area (Å²) in [5.41, 5.74) is 6.39. The van der Waals surface area contributed by atoms with Gasteiger partial charge in [0.25, 0.3) is 0 Å². The number of carbonyl (C=O) groups is 4. The van der Waals surface area contributed by atoms with Gasteiger partial charge in [-0.05, 0) is 53.6 Å². The van der Waals surface area contributed by atoms with Crippen LogP contribution in [-0.4, -0.2) is 63.3 Å². The first-order valence-electron chi connectivity index (χ1n) is 8.74. The fourth-order valence-electron chi connectivity index (χ4n) is 2.40. The van der Waals surface area contributed by atoms with Gasteiger partial charge < -0.3 is 31.7 Å². The molecule has 0 spiro atoms. The van der Waals surface area contributed by atoms with Gasteiger partial charge in [-0.3, -0.25) is 14.4 Å². The number of hydrogen-bond donors (Lipinski definition) is 6. The lowest BCUT2D eigenvalue weighted by atomic mass is 10.0. The average molecular weight is 521 g/mol. The van der Waals surface area contributed by atoms with Crippen LogP contribution >= 0.6 is 22.6 Å². The van der Waals surface area contributed by atoms with E-state index in [0.717, 1.165) is 3.57 Å². The number of aliphatic hydroxyl groups is 1. The van der Waals surface area contributed by atoms with Crippen molar-refractivity contribution >= 4 is 46.3 Å². The second-order valence-corrected chi connectivity index (χ2v) is 7.74. The maximum Gasteiger partial charge on any atom is 0.328 e. The summed E-state index contributed by atoms with van der Waals surface area (Å²) in [4.78, 5) is 46.8. The van der Waals surface area contributed by atoms with Crippen LogP contribution in [0.15, 0.2) is 24.3 Å². The highest BCUT2D eigenvalue weighted by Crippen LogP contribution is 2.10. The molecule has 10 nitrogen and oxygen atoms in total. The zero-order valence-electron chi connectivity index (χ0n) is 15.7. The minimum Gasteiger partial charge on any atom is -0.481 e. The van der Waals surface area contributed by atoms with E-state index in [4.69, 9.17) is 15.9 Å². The van der Waals surface area contributed by atoms with Crippen molar-refractivity contribution in [2.24, 2.45) is 5.73 Å². The summed E-state index contributed by atoms with van der Waals surface area (Å²) in [7, 11) is 0. The maximum atomic E-state index is 12.6. The van der Waals surface area contributed by atoms with E-state index in [1.165, 1.54) is 6.92 Å². The Morgan fingerprint density at radius 2 is 1.66 bits per heavy atom. The summed E-state index contributed by atoms with van der Waals surface area (Å²) >= 11 is 2.11. The third-order valence-corrected chi connectivity index (χ3v) is 4.76. The molecular weight excluding hydrogens is 497 g/mol. The Morgan fingerprint density at radius 1 is 1.07 bits per heavy atom. The minimum atomic E-state index is -1.56. The molecule has 0 heterocycles. The quantitative estimate of drug-likeness (QED) is 0.210. The Hall–Kier alpha value is -2.25. The third kappa shape index (κ3) is 8.75. The highest BCUT2D eigenvalue weighted by atomic mass is 127. The number of carbonyl (C=O) groups excluding carboxylic acids is 2. The van der Waals surface area contributed by atoms with Gasteiger partial charge in [-0.25, -0.2) is 4.79 Å². The highest BCUT2D eigenvalue weighted by molar-refractivity contribution is 14.1. The summed E-state index contributed by atoms with van der Waals surface area (Å²) in [5, 5.41) is 32.1. The first-order chi connectivity index (χ1) is 13.5. The van der Waals surface area contributed by atoms with Crippen LogP contribution < -0.4 is 16.4 Å². The van der Waals surface area contributed by atoms with E-state index in [1.807, 2.05) is 0 Å². The Kier molecular flexibility index (Phi) is 9.98. The maximum absolute atomic E-state index is 12.6. The van der Waals surface area contributed by atoms with Crippen molar-refractivity contribution in [3.63, 3.8) is 0 Å². The van der Waals surface area contributed by atoms with Gasteiger partial charge in [0.15, 0.2) is 6.04 Å². The molecule has 1 aromatic carbocycles. The number of aliphatic hydroxyl groups excluding tert-OH is 1. The predicted octanol–water partition coefficient (Wildman–Crippen LogP) is -0.539. The lowest BCUT2D eigenvalue weighted by Crippen LogP contribution is -2.57. The van der Waals surface area contributed by atoms with E-state index >= 15 is 0 Å². The topological polar surface area (TPSA) is 179 Å². The molecule has 29 heavy (non-hydrogen) atoms. The number of benzene rings is 1. The Morgan fingerprint density at radius 3 is 2.14 bits per heavy atom. The van der Waals surface area contributed by atoms with Crippen molar-refractivity contribution in [3.8, 4) is 0 Å². The van der Waals surface area contributed by atoms with Crippen molar-refractivity contribution in [2.45, 2.75) is 50.4 Å². The molecule has 4 atom stereocenters. The lowest BCUT2D eigenvalue weighted by Gasteiger charge is -2.24. The molecule has 0 saturated carbocycles. The molecule has 1 aromatic rings. The fourth-order valence-corrected chi connectivity index (χ4v) is 2.76. The molecule has 0 bridgehead atoms. The lowest BCUT2D eigenvalue weighted by molar-refractivity contribution is -0.145. The molecule has 1 rings (SSSR count). The number of amides is 2. The van der Waals surface area contributed by atoms with Crippen LogP contribution in [0, 0.1) is 3.57 Å². The summed E-state index contributed by atoms with van der Waals surface area (Å²) in [6, 6.07) is 3.25. The van der Waals surface area contributed by atoms with Crippen molar-refractivity contribution in [3.05, 3.63) is 33.4 Å². The SMILES string of the molecule is C[C@@H](O)[C@H](NC(=O)[C@H](Cc1ccc(I)cc1)NC(=O)[C@@H](N)CCC(=O)O)C(=O)O. The largest absolute Gasteiger partial charge is 0.481 e. The van der Waals surface area contributed by atoms with E-state index in [-0.39, 0.29) is 19.3 Å². The van der Waals surface area contributed by atoms with E-state index < -0.39 is 48.0 Å². The first kappa shape index (κ1) is 24.8. The molecule has 0 saturated heterocycles. The molecule has 0 radical (unpaired) electrons. The number of aliphatic carboxylic acids is 2. The summed E-state index contributed by atoms with van der Waals surface area (Å²) in [6.45, 7) is 1.22. The second kappa shape index (κ2) is 11.7. The number of carboxylic acids is 2. The average Bonchev–Trinajstić information content (AvgIpc) is 2.64. The van der Waals surface area contributed by atoms with Crippen molar-refractivity contribution in [2.75, 3.05) is 0 Å². The van der Waals surface area contributed by atoms with Crippen LogP contribution in [0.1, 0.15) is 25.3 Å². The van der Waals surface area contributed by atoms with Crippen LogP contribution in [0.3, 0.4) is 0 Å². The van der Waals surface area contributed by atoms with Crippen LogP contribution in [-0.2, 0) is 25.6 Å². The molecule has 0 aliphatic rings. The highest BCUT2D eigenvalue weighted by Gasteiger charge is 2.30. The number of nitrogens with one attached hydrogen (secondary N) is 2. The van der Waals surface area contributed by atoms with Gasteiger partial charge in [0, 0.05) is 16.4 Å². The number of carboxylic acid groups (broad SMARTS) is 2. The van der Waals surface area contributed by atoms with E-state index in [0.29, 0.717) is 5.56 Å². The van der Waals surface area contributed by atoms with Crippen LogP contribution in [0.2, 0.25) is 0 Å². The van der Waals surface area contributed by atoms with Gasteiger partial charge in [0.05, 0.1) is 12.1 Å². The number of halogens is 1. The number of hydrogen-bond acceptors (Lipinski definition) is 6. The van der Waals surface area contributed by atoms with Crippen LogP contribution in [0.5, 0.6) is 0 Å². The minimum absolute atomic E-state index is 0.0479. The molecule has 2 amide bonds. The normalized spacial score (nSPS) is 14.9. The van der Waals surface area contributed by atoms with Gasteiger partial charge in [-0.15, -0.1) is 0 Å². The van der Waals surface area contributed by atoms with E-state index in [1.54, 1.807) is 24.3 Å². The van der Waals surface area contributed by atoms with E-state index in [2.05, 4.69) is 33.2 Å². The summed E-state index contributed by atoms with van der Waals surface area (Å²) in [6.07, 6.45) is -1.74. The smallest absolute Gasteiger partial charge is 0.328 e. The molecule has 0 aliphatic heterocycles. The molecule has 0 fully saturated rings. The summed E-state index contributed by atoms with van der Waals surface area (Å²) < 4.78 is 0.965. The van der Waals surface area contributed by atoms with Gasteiger partial charge in [-0.2, -0.15) is 0 Å². The summed E-state index contributed by atoms with van der Waals surface area (Å²) in [5.74, 6) is -4.08. The van der Waals surface area contributed by atoms with Crippen molar-refractivity contribution in [1.82, 2.24) is 10.6 Å². The Bertz CT molecular complexity index is 739. The standard InChI is InChI=1S/C18H24IN3O7/c1-9(23)15(18(28)29)22-17(27)13(8-10-2-4-11(19)5-3-10)21-16(26)12(20)6-7-14(24)25/h2-5,9,12-13,15,23H,6-8,20H2,1H3,(H,21,26)(H,22,27)(H,24,25)(H,28,29)/t9-,12+,13+,15+/m1/s1. The molecule has 0 aromatic heterocycles. The van der Waals surface area contributed by atoms with Gasteiger partial charge >= 0.3 is 11.9 Å². The molecule has 0 aliphatic carbocycles. The number of rotatable bonds is 11. The third-order valence-electron chi connectivity index (χ3n) is 4.04. The second-order valence-electron chi connectivity index (χ2n) is 6.50. The van der Waals surface area contributed by atoms with Crippen LogP contribution in [0.25, 0.3) is 0 Å². The van der Waals surface area contributed by atoms with E-state index in [9.17, 15) is 24.3 Å².